The van der Waals surface area contributed by atoms with Crippen molar-refractivity contribution in [2.45, 2.75) is 19.8 Å². The second-order valence-corrected chi connectivity index (χ2v) is 31.2. The van der Waals surface area contributed by atoms with Crippen molar-refractivity contribution in [3.63, 3.8) is 0 Å². The Morgan fingerprint density at radius 2 is 0.591 bits per heavy atom. The van der Waals surface area contributed by atoms with Crippen molar-refractivity contribution >= 4 is 92.8 Å². The SMILES string of the molecule is C#Cc1cc(F)cc(C(=O)Nc2cc(F)cc(Oc3cncnc3)c2)c1.C#Cc1cccc(C(=O)Nc2cc(Cl)cc(Oc3cncnc3)c2)c1.CC(F)(F)c1cccc(C(=O)Nc2cc(F)cc(Oc3cncnc3)c2)c1.Cc1cccc(C(=O)Nc2cc(Cl)cc(Oc3cncnc3)c2)c1.O=C(Nc1cc(F)cc(Oc2cncnc2)c1)c1cc(F)ccn1.O=C(Nc1cc(F)cc(Oc2cncnc2)c1)c1ccccn1. The minimum atomic E-state index is -3.08. The van der Waals surface area contributed by atoms with Gasteiger partial charge in [0.2, 0.25) is 0 Å². The van der Waals surface area contributed by atoms with Crippen molar-refractivity contribution in [1.82, 2.24) is 69.8 Å². The van der Waals surface area contributed by atoms with E-state index < -0.39 is 64.5 Å². The largest absolute Gasteiger partial charge is 0.454 e. The number of nitrogens with one attached hydrogen (secondary N) is 6. The second-order valence-electron chi connectivity index (χ2n) is 30.3. The molecule has 32 nitrogen and oxygen atoms in total. The highest BCUT2D eigenvalue weighted by atomic mass is 35.5. The third-order valence-corrected chi connectivity index (χ3v) is 19.2. The van der Waals surface area contributed by atoms with Gasteiger partial charge < -0.3 is 60.3 Å². The maximum atomic E-state index is 13.8. The number of terminal acetylenes is 2. The number of amides is 6. The van der Waals surface area contributed by atoms with Gasteiger partial charge in [-0.15, -0.1) is 12.8 Å². The smallest absolute Gasteiger partial charge is 0.274 e. The molecule has 0 unspecified atom stereocenters. The number of alkyl halides is 2. The molecule has 8 heterocycles. The Hall–Kier alpha value is -20.3. The first-order valence-electron chi connectivity index (χ1n) is 43.1. The summed E-state index contributed by atoms with van der Waals surface area (Å²) in [5, 5.41) is 16.4. The monoisotopic (exact) mass is 2050 g/mol. The average molecular weight is 2050 g/mol. The summed E-state index contributed by atoms with van der Waals surface area (Å²) in [5.41, 5.74) is 4.43. The molecule has 0 spiro atoms. The van der Waals surface area contributed by atoms with Crippen LogP contribution in [0.3, 0.4) is 0 Å². The van der Waals surface area contributed by atoms with Gasteiger partial charge in [-0.2, -0.15) is 0 Å². The first-order valence-corrected chi connectivity index (χ1v) is 43.8. The summed E-state index contributed by atoms with van der Waals surface area (Å²) in [4.78, 5) is 127. The minimum Gasteiger partial charge on any atom is -0.454 e. The Morgan fingerprint density at radius 3 is 0.940 bits per heavy atom. The molecule has 0 saturated heterocycles. The summed E-state index contributed by atoms with van der Waals surface area (Å²) in [5.74, 6) is -1.13. The number of anilines is 6. The van der Waals surface area contributed by atoms with Crippen LogP contribution in [0.2, 0.25) is 10.0 Å². The number of carbonyl (C=O) groups excluding carboxylic acids is 6. The molecule has 18 rings (SSSR count). The molecule has 6 N–H and O–H groups in total. The highest BCUT2D eigenvalue weighted by molar-refractivity contribution is 6.31. The number of ether oxygens (including phenoxy) is 6. The number of hydrogen-bond acceptors (Lipinski definition) is 26. The van der Waals surface area contributed by atoms with Crippen LogP contribution in [0, 0.1) is 66.5 Å². The van der Waals surface area contributed by atoms with Crippen molar-refractivity contribution < 1.29 is 92.3 Å². The lowest BCUT2D eigenvalue weighted by atomic mass is 10.1. The van der Waals surface area contributed by atoms with Crippen LogP contribution < -0.4 is 60.3 Å². The highest BCUT2D eigenvalue weighted by Gasteiger charge is 2.26. The predicted molar refractivity (Wildman–Crippen MR) is 533 cm³/mol. The van der Waals surface area contributed by atoms with E-state index in [1.54, 1.807) is 97.3 Å². The first-order chi connectivity index (χ1) is 71.9. The zero-order valence-corrected chi connectivity index (χ0v) is 78.6. The van der Waals surface area contributed by atoms with Crippen LogP contribution >= 0.6 is 23.2 Å². The molecule has 6 amide bonds. The van der Waals surface area contributed by atoms with Gasteiger partial charge in [0.05, 0.1) is 74.4 Å². The third-order valence-electron chi connectivity index (χ3n) is 18.8. The summed E-state index contributed by atoms with van der Waals surface area (Å²) in [7, 11) is 0. The number of halogens is 10. The Bertz CT molecular complexity index is 7700. The standard InChI is InChI=1S/C19H12ClN3O2.C19H14F3N3O2.C19H11F2N3O2.C18H14ClN3O2.C16H10F2N4O2.C16H11FN4O2/c1-2-13-4-3-5-14(6-13)19(24)23-16-7-15(20)8-17(9-16)25-18-10-21-12-22-11-18;1-19(21,22)13-4-2-3-12(5-13)18(26)25-15-6-14(20)7-16(8-15)27-17-9-23-11-24-10-17;1-2-12-3-13(5-14(20)4-12)19(25)24-16-6-15(21)7-17(8-16)26-18-9-22-11-23-10-18;1-12-3-2-4-13(5-12)18(23)22-15-6-14(19)7-16(8-15)24-17-9-20-11-21-10-17;17-10-1-2-21-15(5-10)16(23)22-12-3-11(18)4-13(6-12)24-14-7-19-9-20-8-14;17-11-5-12(21-16(22)15-3-1-2-4-20-15)7-13(6-11)23-14-8-18-10-19-9-14/h1,3-12H,(H,23,24);2-11H,1H3,(H,25,26);1,3-11H,(H,24,25);2-11H,1H3,(H,22,23);1-9H,(H,22,23);1-10H,(H,21,22). The van der Waals surface area contributed by atoms with Crippen molar-refractivity contribution in [2.24, 2.45) is 0 Å². The summed E-state index contributed by atoms with van der Waals surface area (Å²) in [6, 6.07) is 54.5. The predicted octanol–water partition coefficient (Wildman–Crippen LogP) is 23.4. The third kappa shape index (κ3) is 34.6. The van der Waals surface area contributed by atoms with E-state index in [1.807, 2.05) is 25.1 Å². The Labute approximate surface area is 851 Å². The van der Waals surface area contributed by atoms with Gasteiger partial charge in [-0.05, 0) is 134 Å². The Balaban J connectivity index is 0.000000149. The fourth-order valence-electron chi connectivity index (χ4n) is 12.5. The molecule has 0 aliphatic rings. The van der Waals surface area contributed by atoms with E-state index in [4.69, 9.17) is 64.5 Å². The molecule has 742 valence electrons. The molecule has 0 aliphatic carbocycles. The maximum Gasteiger partial charge on any atom is 0.274 e. The zero-order valence-electron chi connectivity index (χ0n) is 77.1. The van der Waals surface area contributed by atoms with Gasteiger partial charge in [-0.3, -0.25) is 38.7 Å². The Kier molecular flexibility index (Phi) is 37.4. The van der Waals surface area contributed by atoms with Gasteiger partial charge >= 0.3 is 0 Å². The quantitative estimate of drug-likeness (QED) is 0.0229. The molecule has 149 heavy (non-hydrogen) atoms. The molecule has 18 aromatic rings. The maximum absolute atomic E-state index is 13.8. The summed E-state index contributed by atoms with van der Waals surface area (Å²) in [6.07, 6.45) is 38.9. The van der Waals surface area contributed by atoms with Crippen LogP contribution in [0.25, 0.3) is 0 Å². The van der Waals surface area contributed by atoms with Gasteiger partial charge in [0.1, 0.15) is 119 Å². The molecule has 42 heteroatoms. The van der Waals surface area contributed by atoms with Gasteiger partial charge in [-0.25, -0.2) is 94.9 Å². The topological polar surface area (TPSA) is 410 Å². The average Bonchev–Trinajstić information content (AvgIpc) is 0.829. The lowest BCUT2D eigenvalue weighted by Crippen LogP contribution is -2.14. The van der Waals surface area contributed by atoms with Gasteiger partial charge in [0.25, 0.3) is 41.4 Å². The van der Waals surface area contributed by atoms with E-state index >= 15 is 0 Å². The van der Waals surface area contributed by atoms with Crippen LogP contribution in [0.4, 0.5) is 69.2 Å². The van der Waals surface area contributed by atoms with Crippen LogP contribution in [0.15, 0.2) is 355 Å². The van der Waals surface area contributed by atoms with Gasteiger partial charge in [0, 0.05) is 169 Å². The van der Waals surface area contributed by atoms with E-state index in [2.05, 4.69) is 114 Å². The lowest BCUT2D eigenvalue weighted by molar-refractivity contribution is 0.0174. The molecular weight excluding hydrogens is 1980 g/mol. The van der Waals surface area contributed by atoms with Crippen molar-refractivity contribution in [1.29, 1.82) is 0 Å². The summed E-state index contributed by atoms with van der Waals surface area (Å²) >= 11 is 12.2. The first kappa shape index (κ1) is 106. The Morgan fingerprint density at radius 1 is 0.282 bits per heavy atom. The van der Waals surface area contributed by atoms with Crippen molar-refractivity contribution in [3.8, 4) is 93.7 Å². The number of nitrogens with zero attached hydrogens (tertiary/aromatic N) is 14. The molecule has 0 atom stereocenters. The fraction of sp³-hybridized carbons (Fsp3) is 0.0280. The minimum absolute atomic E-state index is 0.0149. The molecule has 0 fully saturated rings. The van der Waals surface area contributed by atoms with Gasteiger partial charge in [0.15, 0.2) is 34.5 Å². The molecular formula is C107H72Cl2F8N20O12. The molecule has 0 bridgehead atoms. The number of rotatable bonds is 25. The molecule has 8 aromatic heterocycles. The summed E-state index contributed by atoms with van der Waals surface area (Å²) < 4.78 is 142. The number of carbonyl (C=O) groups is 6. The fourth-order valence-corrected chi connectivity index (χ4v) is 13.0. The molecule has 0 saturated carbocycles. The number of aromatic nitrogens is 14. The number of hydrogen-bond donors (Lipinski definition) is 6. The van der Waals surface area contributed by atoms with E-state index in [9.17, 15) is 63.9 Å². The van der Waals surface area contributed by atoms with Crippen LogP contribution in [0.1, 0.15) is 91.6 Å². The summed E-state index contributed by atoms with van der Waals surface area (Å²) in [6.45, 7) is 2.68. The molecule has 0 radical (unpaired) electrons. The lowest BCUT2D eigenvalue weighted by Gasteiger charge is -2.12. The van der Waals surface area contributed by atoms with E-state index in [0.717, 1.165) is 79.2 Å². The van der Waals surface area contributed by atoms with Crippen LogP contribution in [-0.2, 0) is 5.92 Å². The van der Waals surface area contributed by atoms with E-state index in [-0.39, 0.29) is 91.2 Å². The van der Waals surface area contributed by atoms with E-state index in [1.165, 1.54) is 173 Å². The highest BCUT2D eigenvalue weighted by Crippen LogP contribution is 2.35. The van der Waals surface area contributed by atoms with Crippen LogP contribution in [-0.4, -0.2) is 105 Å². The zero-order chi connectivity index (χ0) is 106. The van der Waals surface area contributed by atoms with E-state index in [0.29, 0.717) is 84.1 Å². The molecule has 10 aromatic carbocycles. The number of pyridine rings is 2. The van der Waals surface area contributed by atoms with Crippen LogP contribution in [0.5, 0.6) is 69.0 Å². The molecule has 0 aliphatic heterocycles. The second kappa shape index (κ2) is 52.5. The number of aryl methyl sites for hydroxylation is 1. The number of benzene rings is 10. The normalized spacial score (nSPS) is 10.3. The van der Waals surface area contributed by atoms with Gasteiger partial charge in [-0.1, -0.05) is 77.0 Å². The van der Waals surface area contributed by atoms with Crippen molar-refractivity contribution in [3.05, 3.63) is 456 Å². The van der Waals surface area contributed by atoms with Crippen molar-refractivity contribution in [2.75, 3.05) is 31.9 Å².